The number of benzene rings is 2. The van der Waals surface area contributed by atoms with Crippen LogP contribution in [0, 0.1) is 20.8 Å². The van der Waals surface area contributed by atoms with Crippen molar-refractivity contribution in [2.24, 2.45) is 0 Å². The molecule has 0 unspecified atom stereocenters. The Labute approximate surface area is 185 Å². The van der Waals surface area contributed by atoms with Gasteiger partial charge < -0.3 is 19.4 Å². The van der Waals surface area contributed by atoms with E-state index in [2.05, 4.69) is 9.88 Å². The van der Waals surface area contributed by atoms with Crippen LogP contribution in [0.1, 0.15) is 28.1 Å². The summed E-state index contributed by atoms with van der Waals surface area (Å²) in [7, 11) is 0. The predicted octanol–water partition coefficient (Wildman–Crippen LogP) is 4.22. The molecule has 1 saturated heterocycles. The van der Waals surface area contributed by atoms with Gasteiger partial charge in [-0.1, -0.05) is 29.8 Å². The van der Waals surface area contributed by atoms with Gasteiger partial charge in [0.15, 0.2) is 11.5 Å². The van der Waals surface area contributed by atoms with Crippen LogP contribution in [0.5, 0.6) is 11.5 Å². The monoisotopic (exact) mass is 429 g/mol. The number of ether oxygens (including phenoxy) is 2. The number of carbonyl (C=O) groups is 2. The molecule has 7 nitrogen and oxygen atoms in total. The largest absolute Gasteiger partial charge is 0.454 e. The van der Waals surface area contributed by atoms with Gasteiger partial charge in [0.1, 0.15) is 5.70 Å². The number of nitrogens with one attached hydrogen (secondary N) is 1. The summed E-state index contributed by atoms with van der Waals surface area (Å²) in [5.74, 6) is 1.11. The van der Waals surface area contributed by atoms with Crippen LogP contribution in [0.25, 0.3) is 11.8 Å². The van der Waals surface area contributed by atoms with E-state index in [9.17, 15) is 9.59 Å². The van der Waals surface area contributed by atoms with Crippen LogP contribution in [0.2, 0.25) is 0 Å². The summed E-state index contributed by atoms with van der Waals surface area (Å²) in [5.41, 5.74) is 6.06. The Bertz CT molecular complexity index is 1270. The lowest BCUT2D eigenvalue weighted by Crippen LogP contribution is -2.30. The van der Waals surface area contributed by atoms with Gasteiger partial charge >= 0.3 is 6.03 Å². The van der Waals surface area contributed by atoms with Crippen LogP contribution in [-0.2, 0) is 11.3 Å². The Morgan fingerprint density at radius 1 is 0.969 bits per heavy atom. The van der Waals surface area contributed by atoms with Crippen molar-refractivity contribution < 1.29 is 19.1 Å². The minimum absolute atomic E-state index is 0.223. The topological polar surface area (TPSA) is 72.8 Å². The van der Waals surface area contributed by atoms with E-state index in [1.54, 1.807) is 6.08 Å². The molecular weight excluding hydrogens is 406 g/mol. The first-order valence-corrected chi connectivity index (χ1v) is 10.4. The van der Waals surface area contributed by atoms with E-state index in [1.807, 2.05) is 69.3 Å². The Morgan fingerprint density at radius 2 is 1.72 bits per heavy atom. The maximum absolute atomic E-state index is 12.9. The number of amides is 3. The number of carbonyl (C=O) groups excluding carboxylic acids is 2. The summed E-state index contributed by atoms with van der Waals surface area (Å²) >= 11 is 0. The smallest absolute Gasteiger partial charge is 0.329 e. The molecule has 7 heteroatoms. The molecule has 2 aromatic carbocycles. The van der Waals surface area contributed by atoms with Gasteiger partial charge in [0, 0.05) is 23.1 Å². The van der Waals surface area contributed by atoms with Crippen molar-refractivity contribution in [3.05, 3.63) is 82.3 Å². The van der Waals surface area contributed by atoms with Crippen LogP contribution >= 0.6 is 0 Å². The Balaban J connectivity index is 1.43. The number of aromatic nitrogens is 1. The number of hydrogen-bond donors (Lipinski definition) is 1. The number of fused-ring (bicyclic) bond motifs is 1. The maximum Gasteiger partial charge on any atom is 0.329 e. The van der Waals surface area contributed by atoms with Crippen molar-refractivity contribution in [3.63, 3.8) is 0 Å². The first-order valence-electron chi connectivity index (χ1n) is 10.4. The summed E-state index contributed by atoms with van der Waals surface area (Å²) < 4.78 is 13.0. The number of aryl methyl sites for hydroxylation is 2. The zero-order valence-electron chi connectivity index (χ0n) is 18.1. The average molecular weight is 429 g/mol. The lowest BCUT2D eigenvalue weighted by atomic mass is 10.1. The molecule has 0 spiro atoms. The van der Waals surface area contributed by atoms with Crippen LogP contribution < -0.4 is 14.8 Å². The molecule has 3 amide bonds. The Morgan fingerprint density at radius 3 is 2.50 bits per heavy atom. The summed E-state index contributed by atoms with van der Waals surface area (Å²) in [6.07, 6.45) is 1.74. The fourth-order valence-electron chi connectivity index (χ4n) is 4.10. The minimum atomic E-state index is -0.411. The molecule has 1 N–H and O–H groups in total. The van der Waals surface area contributed by atoms with Gasteiger partial charge in [-0.05, 0) is 56.2 Å². The maximum atomic E-state index is 12.9. The number of urea groups is 1. The molecule has 1 aromatic heterocycles. The molecule has 0 aliphatic carbocycles. The standard InChI is InChI=1S/C25H23N3O4/c1-15-4-6-18(7-5-15)13-27-24(29)21(26-25(27)30)11-19-10-16(2)28(17(19)3)20-8-9-22-23(12-20)32-14-31-22/h4-12H,13-14H2,1-3H3,(H,26,30)/b21-11+. The molecule has 32 heavy (non-hydrogen) atoms. The highest BCUT2D eigenvalue weighted by atomic mass is 16.7. The summed E-state index contributed by atoms with van der Waals surface area (Å²) in [4.78, 5) is 26.6. The second kappa shape index (κ2) is 7.60. The Kier molecular flexibility index (Phi) is 4.74. The molecule has 0 saturated carbocycles. The fraction of sp³-hybridized carbons (Fsp3) is 0.200. The highest BCUT2D eigenvalue weighted by Crippen LogP contribution is 2.35. The van der Waals surface area contributed by atoms with Crippen molar-refractivity contribution in [2.75, 3.05) is 6.79 Å². The molecule has 0 bridgehead atoms. The predicted molar refractivity (Wildman–Crippen MR) is 120 cm³/mol. The van der Waals surface area contributed by atoms with Crippen molar-refractivity contribution in [1.82, 2.24) is 14.8 Å². The van der Waals surface area contributed by atoms with Crippen LogP contribution in [0.3, 0.4) is 0 Å². The third kappa shape index (κ3) is 3.41. The molecule has 3 aromatic rings. The van der Waals surface area contributed by atoms with Gasteiger partial charge in [0.05, 0.1) is 6.54 Å². The molecule has 0 atom stereocenters. The van der Waals surface area contributed by atoms with E-state index in [1.165, 1.54) is 4.90 Å². The highest BCUT2D eigenvalue weighted by Gasteiger charge is 2.33. The third-order valence-corrected chi connectivity index (χ3v) is 5.81. The lowest BCUT2D eigenvalue weighted by Gasteiger charge is -2.12. The van der Waals surface area contributed by atoms with Gasteiger partial charge in [-0.25, -0.2) is 4.79 Å². The first kappa shape index (κ1) is 19.9. The second-order valence-corrected chi connectivity index (χ2v) is 8.06. The molecule has 0 radical (unpaired) electrons. The van der Waals surface area contributed by atoms with E-state index in [4.69, 9.17) is 9.47 Å². The number of rotatable bonds is 4. The summed E-state index contributed by atoms with van der Waals surface area (Å²) in [5, 5.41) is 2.72. The normalized spacial score (nSPS) is 16.2. The molecule has 2 aliphatic rings. The lowest BCUT2D eigenvalue weighted by molar-refractivity contribution is -0.123. The summed E-state index contributed by atoms with van der Waals surface area (Å²) in [6, 6.07) is 15.2. The Hall–Kier alpha value is -4.00. The van der Waals surface area contributed by atoms with Crippen molar-refractivity contribution in [1.29, 1.82) is 0 Å². The molecule has 3 heterocycles. The molecular formula is C25H23N3O4. The zero-order chi connectivity index (χ0) is 22.4. The first-order chi connectivity index (χ1) is 15.4. The quantitative estimate of drug-likeness (QED) is 0.498. The van der Waals surface area contributed by atoms with Gasteiger partial charge in [0.2, 0.25) is 6.79 Å². The third-order valence-electron chi connectivity index (χ3n) is 5.81. The average Bonchev–Trinajstić information content (AvgIpc) is 3.42. The van der Waals surface area contributed by atoms with Gasteiger partial charge in [-0.2, -0.15) is 0 Å². The van der Waals surface area contributed by atoms with Crippen LogP contribution in [-0.4, -0.2) is 28.2 Å². The number of hydrogen-bond acceptors (Lipinski definition) is 4. The van der Waals surface area contributed by atoms with Crippen molar-refractivity contribution in [3.8, 4) is 17.2 Å². The minimum Gasteiger partial charge on any atom is -0.454 e. The molecule has 2 aliphatic heterocycles. The molecule has 162 valence electrons. The van der Waals surface area contributed by atoms with E-state index in [0.717, 1.165) is 39.5 Å². The number of imide groups is 1. The van der Waals surface area contributed by atoms with E-state index in [-0.39, 0.29) is 24.9 Å². The summed E-state index contributed by atoms with van der Waals surface area (Å²) in [6.45, 7) is 6.44. The highest BCUT2D eigenvalue weighted by molar-refractivity contribution is 6.14. The van der Waals surface area contributed by atoms with E-state index in [0.29, 0.717) is 5.75 Å². The fourth-order valence-corrected chi connectivity index (χ4v) is 4.10. The van der Waals surface area contributed by atoms with Gasteiger partial charge in [0.25, 0.3) is 5.91 Å². The molecule has 1 fully saturated rings. The van der Waals surface area contributed by atoms with E-state index >= 15 is 0 Å². The second-order valence-electron chi connectivity index (χ2n) is 8.06. The zero-order valence-corrected chi connectivity index (χ0v) is 18.1. The number of nitrogens with zero attached hydrogens (tertiary/aromatic N) is 2. The van der Waals surface area contributed by atoms with Crippen LogP contribution in [0.4, 0.5) is 4.79 Å². The van der Waals surface area contributed by atoms with Gasteiger partial charge in [-0.3, -0.25) is 9.69 Å². The van der Waals surface area contributed by atoms with Gasteiger partial charge in [-0.15, -0.1) is 0 Å². The van der Waals surface area contributed by atoms with Crippen LogP contribution in [0.15, 0.2) is 54.2 Å². The van der Waals surface area contributed by atoms with Crippen molar-refractivity contribution in [2.45, 2.75) is 27.3 Å². The SMILES string of the molecule is Cc1ccc(CN2C(=O)N/C(=C/c3cc(C)n(-c4ccc5c(c4)OCO5)c3C)C2=O)cc1. The van der Waals surface area contributed by atoms with E-state index < -0.39 is 6.03 Å². The van der Waals surface area contributed by atoms with Crippen molar-refractivity contribution >= 4 is 18.0 Å². The molecule has 5 rings (SSSR count).